The van der Waals surface area contributed by atoms with Gasteiger partial charge in [-0.1, -0.05) is 24.3 Å². The molecule has 0 aliphatic carbocycles. The van der Waals surface area contributed by atoms with Crippen molar-refractivity contribution in [1.82, 2.24) is 10.2 Å². The average molecular weight is 393 g/mol. The molecule has 1 N–H and O–H groups in total. The fourth-order valence-electron chi connectivity index (χ4n) is 2.99. The summed E-state index contributed by atoms with van der Waals surface area (Å²) in [6.45, 7) is 1.07. The van der Waals surface area contributed by atoms with Crippen molar-refractivity contribution in [3.63, 3.8) is 0 Å². The van der Waals surface area contributed by atoms with E-state index >= 15 is 0 Å². The highest BCUT2D eigenvalue weighted by Crippen LogP contribution is 2.35. The number of non-ortho nitro benzene ring substituents is 1. The predicted molar refractivity (Wildman–Crippen MR) is 91.0 cm³/mol. The fraction of sp³-hybridized carbons (Fsp3) is 0.222. The molecule has 1 aliphatic heterocycles. The smallest absolute Gasteiger partial charge is 0.319 e. The molecule has 2 aromatic carbocycles. The first-order chi connectivity index (χ1) is 13.0. The Morgan fingerprint density at radius 1 is 1.14 bits per heavy atom. The molecule has 3 amide bonds. The van der Waals surface area contributed by atoms with E-state index in [9.17, 15) is 32.9 Å². The number of hydrogen-bond donors (Lipinski definition) is 1. The van der Waals surface area contributed by atoms with Crippen molar-refractivity contribution >= 4 is 17.6 Å². The van der Waals surface area contributed by atoms with Gasteiger partial charge in [-0.15, -0.1) is 0 Å². The number of imide groups is 1. The predicted octanol–water partition coefficient (Wildman–Crippen LogP) is 3.58. The van der Waals surface area contributed by atoms with Crippen molar-refractivity contribution in [2.75, 3.05) is 0 Å². The third kappa shape index (κ3) is 3.40. The molecule has 0 saturated carbocycles. The average Bonchev–Trinajstić information content (AvgIpc) is 2.85. The summed E-state index contributed by atoms with van der Waals surface area (Å²) >= 11 is 0. The highest BCUT2D eigenvalue weighted by Gasteiger charge is 2.49. The van der Waals surface area contributed by atoms with Gasteiger partial charge in [-0.2, -0.15) is 13.2 Å². The summed E-state index contributed by atoms with van der Waals surface area (Å²) < 4.78 is 38.9. The molecule has 2 aromatic rings. The topological polar surface area (TPSA) is 92.6 Å². The maximum Gasteiger partial charge on any atom is 0.416 e. The minimum absolute atomic E-state index is 0.0118. The van der Waals surface area contributed by atoms with Crippen LogP contribution in [0.25, 0.3) is 0 Å². The number of nitro groups is 1. The molecule has 10 heteroatoms. The summed E-state index contributed by atoms with van der Waals surface area (Å²) in [5.41, 5.74) is -2.50. The summed E-state index contributed by atoms with van der Waals surface area (Å²) in [5.74, 6) is -0.747. The zero-order valence-electron chi connectivity index (χ0n) is 14.5. The lowest BCUT2D eigenvalue weighted by molar-refractivity contribution is -0.384. The maximum atomic E-state index is 13.0. The Morgan fingerprint density at radius 3 is 2.46 bits per heavy atom. The van der Waals surface area contributed by atoms with Gasteiger partial charge in [0.15, 0.2) is 0 Å². The number of nitrogens with zero attached hydrogens (tertiary/aromatic N) is 2. The monoisotopic (exact) mass is 393 g/mol. The van der Waals surface area contributed by atoms with Gasteiger partial charge in [-0.3, -0.25) is 19.8 Å². The molecular weight excluding hydrogens is 379 g/mol. The van der Waals surface area contributed by atoms with Gasteiger partial charge in [0.25, 0.3) is 11.6 Å². The summed E-state index contributed by atoms with van der Waals surface area (Å²) in [5, 5.41) is 13.3. The Bertz CT molecular complexity index is 977. The molecule has 1 saturated heterocycles. The first-order valence-corrected chi connectivity index (χ1v) is 8.07. The van der Waals surface area contributed by atoms with Gasteiger partial charge in [0, 0.05) is 12.1 Å². The second-order valence-corrected chi connectivity index (χ2v) is 6.45. The number of urea groups is 1. The van der Waals surface area contributed by atoms with Crippen molar-refractivity contribution in [1.29, 1.82) is 0 Å². The summed E-state index contributed by atoms with van der Waals surface area (Å²) in [6, 6.07) is 8.78. The molecule has 1 aliphatic rings. The lowest BCUT2D eigenvalue weighted by Crippen LogP contribution is -2.41. The van der Waals surface area contributed by atoms with E-state index < -0.39 is 34.1 Å². The first-order valence-electron chi connectivity index (χ1n) is 8.07. The molecule has 0 aromatic heterocycles. The van der Waals surface area contributed by atoms with E-state index in [-0.39, 0.29) is 17.8 Å². The molecule has 1 atom stereocenters. The number of alkyl halides is 3. The third-order valence-electron chi connectivity index (χ3n) is 4.50. The first kappa shape index (κ1) is 19.3. The van der Waals surface area contributed by atoms with Crippen LogP contribution in [0.1, 0.15) is 23.6 Å². The fourth-order valence-corrected chi connectivity index (χ4v) is 2.99. The Kier molecular flexibility index (Phi) is 4.58. The molecule has 1 heterocycles. The molecule has 28 heavy (non-hydrogen) atoms. The van der Waals surface area contributed by atoms with Crippen LogP contribution >= 0.6 is 0 Å². The Labute approximate surface area is 156 Å². The van der Waals surface area contributed by atoms with Crippen LogP contribution in [0.5, 0.6) is 0 Å². The van der Waals surface area contributed by atoms with E-state index in [4.69, 9.17) is 0 Å². The van der Waals surface area contributed by atoms with Crippen molar-refractivity contribution in [2.24, 2.45) is 0 Å². The SMILES string of the molecule is CC1(c2cccc(C(F)(F)F)c2)NC(=O)N(Cc2cccc([N+](=O)[O-])c2)C1=O. The van der Waals surface area contributed by atoms with Gasteiger partial charge < -0.3 is 5.32 Å². The number of halogens is 3. The Balaban J connectivity index is 1.91. The summed E-state index contributed by atoms with van der Waals surface area (Å²) in [6.07, 6.45) is -4.60. The number of nitrogens with one attached hydrogen (secondary N) is 1. The maximum absolute atomic E-state index is 13.0. The zero-order valence-corrected chi connectivity index (χ0v) is 14.5. The van der Waals surface area contributed by atoms with Crippen LogP contribution in [0.3, 0.4) is 0 Å². The van der Waals surface area contributed by atoms with Crippen LogP contribution in [0.15, 0.2) is 48.5 Å². The normalized spacial score (nSPS) is 19.6. The third-order valence-corrected chi connectivity index (χ3v) is 4.50. The minimum atomic E-state index is -4.60. The number of rotatable bonds is 4. The van der Waals surface area contributed by atoms with Gasteiger partial charge in [0.05, 0.1) is 17.0 Å². The van der Waals surface area contributed by atoms with Crippen molar-refractivity contribution < 1.29 is 27.7 Å². The van der Waals surface area contributed by atoms with Crippen molar-refractivity contribution in [3.05, 3.63) is 75.3 Å². The molecule has 146 valence electrons. The number of carbonyl (C=O) groups is 2. The molecule has 0 spiro atoms. The van der Waals surface area contributed by atoms with Crippen LogP contribution in [0.4, 0.5) is 23.7 Å². The standard InChI is InChI=1S/C18H14F3N3O4/c1-17(12-5-3-6-13(9-12)18(19,20)21)15(25)23(16(26)22-17)10-11-4-2-7-14(8-11)24(27)28/h2-9H,10H2,1H3,(H,22,26). The summed E-state index contributed by atoms with van der Waals surface area (Å²) in [4.78, 5) is 36.2. The molecule has 0 bridgehead atoms. The van der Waals surface area contributed by atoms with E-state index in [0.717, 1.165) is 23.1 Å². The number of hydrogen-bond acceptors (Lipinski definition) is 4. The van der Waals surface area contributed by atoms with Crippen LogP contribution in [0, 0.1) is 10.1 Å². The number of nitro benzene ring substituents is 1. The van der Waals surface area contributed by atoms with Gasteiger partial charge in [-0.25, -0.2) is 4.79 Å². The minimum Gasteiger partial charge on any atom is -0.319 e. The molecule has 3 rings (SSSR count). The number of amides is 3. The zero-order chi connectivity index (χ0) is 20.7. The summed E-state index contributed by atoms with van der Waals surface area (Å²) in [7, 11) is 0. The lowest BCUT2D eigenvalue weighted by atomic mass is 9.90. The molecule has 1 unspecified atom stereocenters. The molecule has 7 nitrogen and oxygen atoms in total. The molecule has 1 fully saturated rings. The quantitative estimate of drug-likeness (QED) is 0.488. The largest absolute Gasteiger partial charge is 0.416 e. The lowest BCUT2D eigenvalue weighted by Gasteiger charge is -2.23. The van der Waals surface area contributed by atoms with Crippen LogP contribution in [-0.2, 0) is 23.1 Å². The van der Waals surface area contributed by atoms with Crippen LogP contribution in [0.2, 0.25) is 0 Å². The van der Waals surface area contributed by atoms with E-state index in [1.807, 2.05) is 0 Å². The Hall–Kier alpha value is -3.43. The second-order valence-electron chi connectivity index (χ2n) is 6.45. The van der Waals surface area contributed by atoms with Crippen molar-refractivity contribution in [2.45, 2.75) is 25.2 Å². The van der Waals surface area contributed by atoms with Gasteiger partial charge in [0.1, 0.15) is 5.54 Å². The van der Waals surface area contributed by atoms with Gasteiger partial charge in [-0.05, 0) is 30.2 Å². The van der Waals surface area contributed by atoms with Gasteiger partial charge >= 0.3 is 12.2 Å². The molecular formula is C18H14F3N3O4. The second kappa shape index (κ2) is 6.63. The van der Waals surface area contributed by atoms with E-state index in [1.165, 1.54) is 37.3 Å². The van der Waals surface area contributed by atoms with E-state index in [1.54, 1.807) is 0 Å². The van der Waals surface area contributed by atoms with Crippen molar-refractivity contribution in [3.8, 4) is 0 Å². The van der Waals surface area contributed by atoms with Crippen LogP contribution < -0.4 is 5.32 Å². The molecule has 0 radical (unpaired) electrons. The van der Waals surface area contributed by atoms with Crippen LogP contribution in [-0.4, -0.2) is 21.8 Å². The van der Waals surface area contributed by atoms with E-state index in [0.29, 0.717) is 5.56 Å². The highest BCUT2D eigenvalue weighted by atomic mass is 19.4. The number of carbonyl (C=O) groups excluding carboxylic acids is 2. The Morgan fingerprint density at radius 2 is 1.82 bits per heavy atom. The number of benzene rings is 2. The van der Waals surface area contributed by atoms with E-state index in [2.05, 4.69) is 5.32 Å². The van der Waals surface area contributed by atoms with Gasteiger partial charge in [0.2, 0.25) is 0 Å². The highest BCUT2D eigenvalue weighted by molar-refractivity contribution is 6.07.